The molecule has 0 bridgehead atoms. The number of hydrogen-bond acceptors (Lipinski definition) is 5. The van der Waals surface area contributed by atoms with Gasteiger partial charge in [-0.2, -0.15) is 0 Å². The molecular weight excluding hydrogens is 428 g/mol. The van der Waals surface area contributed by atoms with E-state index in [2.05, 4.69) is 26.1 Å². The Hall–Kier alpha value is -3.10. The molecule has 0 heterocycles. The predicted molar refractivity (Wildman–Crippen MR) is 124 cm³/mol. The Kier molecular flexibility index (Phi) is 6.76. The molecule has 0 fully saturated rings. The van der Waals surface area contributed by atoms with Crippen molar-refractivity contribution >= 4 is 21.6 Å². The third kappa shape index (κ3) is 5.77. The van der Waals surface area contributed by atoms with Crippen LogP contribution in [0.15, 0.2) is 77.2 Å². The predicted octanol–water partition coefficient (Wildman–Crippen LogP) is 3.89. The summed E-state index contributed by atoms with van der Waals surface area (Å²) in [5.41, 5.74) is 1.27. The summed E-state index contributed by atoms with van der Waals surface area (Å²) in [7, 11) is -2.29. The second kappa shape index (κ2) is 9.18. The standard InChI is InChI=1S/C24H28N2O5S/c1-24(2,3)16-8-13-21(22(14-16)31-19-11-9-18(30-4)10-12-19)23(27)26-17-6-5-7-20(15-17)32(25,28)29/h5-15,21-22H,1-4H3,(H,26,27)(H2,25,28,29). The molecular formula is C24H28N2O5S. The van der Waals surface area contributed by atoms with E-state index >= 15 is 0 Å². The first kappa shape index (κ1) is 23.6. The van der Waals surface area contributed by atoms with Crippen LogP contribution in [0.5, 0.6) is 11.5 Å². The van der Waals surface area contributed by atoms with Crippen molar-refractivity contribution in [3.63, 3.8) is 0 Å². The summed E-state index contributed by atoms with van der Waals surface area (Å²) in [6.07, 6.45) is 5.14. The normalized spacial score (nSPS) is 18.6. The molecule has 2 atom stereocenters. The number of hydrogen-bond donors (Lipinski definition) is 2. The first-order valence-corrected chi connectivity index (χ1v) is 11.7. The number of benzene rings is 2. The van der Waals surface area contributed by atoms with E-state index in [-0.39, 0.29) is 16.2 Å². The highest BCUT2D eigenvalue weighted by molar-refractivity contribution is 7.89. The fourth-order valence-electron chi connectivity index (χ4n) is 3.28. The molecule has 2 aromatic carbocycles. The third-order valence-electron chi connectivity index (χ3n) is 5.11. The first-order valence-electron chi connectivity index (χ1n) is 10.1. The van der Waals surface area contributed by atoms with Crippen molar-refractivity contribution in [3.05, 3.63) is 72.3 Å². The van der Waals surface area contributed by atoms with Gasteiger partial charge in [-0.25, -0.2) is 13.6 Å². The molecule has 1 aliphatic carbocycles. The largest absolute Gasteiger partial charge is 0.497 e. The van der Waals surface area contributed by atoms with Gasteiger partial charge in [-0.05, 0) is 59.5 Å². The average Bonchev–Trinajstić information content (AvgIpc) is 2.73. The lowest BCUT2D eigenvalue weighted by molar-refractivity contribution is -0.120. The summed E-state index contributed by atoms with van der Waals surface area (Å²) in [5, 5.41) is 7.97. The molecule has 0 radical (unpaired) electrons. The van der Waals surface area contributed by atoms with Crippen LogP contribution in [0.2, 0.25) is 0 Å². The minimum absolute atomic E-state index is 0.0737. The zero-order valence-corrected chi connectivity index (χ0v) is 19.3. The number of primary sulfonamides is 1. The van der Waals surface area contributed by atoms with E-state index < -0.39 is 22.0 Å². The molecule has 1 aliphatic rings. The smallest absolute Gasteiger partial charge is 0.238 e. The number of allylic oxidation sites excluding steroid dienone is 2. The second-order valence-corrected chi connectivity index (χ2v) is 10.1. The SMILES string of the molecule is COc1ccc(OC2C=C(C(C)(C)C)C=CC2C(=O)Nc2cccc(S(N)(=O)=O)c2)cc1. The number of carbonyl (C=O) groups excluding carboxylic acids is 1. The van der Waals surface area contributed by atoms with Gasteiger partial charge in [0.1, 0.15) is 17.6 Å². The van der Waals surface area contributed by atoms with E-state index in [0.29, 0.717) is 17.2 Å². The maximum Gasteiger partial charge on any atom is 0.238 e. The fourth-order valence-corrected chi connectivity index (χ4v) is 3.84. The zero-order valence-electron chi connectivity index (χ0n) is 18.5. The lowest BCUT2D eigenvalue weighted by atomic mass is 9.80. The Labute approximate surface area is 189 Å². The number of methoxy groups -OCH3 is 1. The van der Waals surface area contributed by atoms with Crippen molar-refractivity contribution in [1.29, 1.82) is 0 Å². The van der Waals surface area contributed by atoms with E-state index in [4.69, 9.17) is 14.6 Å². The van der Waals surface area contributed by atoms with Crippen molar-refractivity contribution in [1.82, 2.24) is 0 Å². The molecule has 3 rings (SSSR count). The number of nitrogens with one attached hydrogen (secondary N) is 1. The Morgan fingerprint density at radius 3 is 2.31 bits per heavy atom. The van der Waals surface area contributed by atoms with E-state index in [1.54, 1.807) is 37.4 Å². The summed E-state index contributed by atoms with van der Waals surface area (Å²) < 4.78 is 34.6. The zero-order chi connectivity index (χ0) is 23.5. The molecule has 0 spiro atoms. The Bertz CT molecular complexity index is 1150. The number of sulfonamides is 1. The number of rotatable bonds is 6. The van der Waals surface area contributed by atoms with Gasteiger partial charge < -0.3 is 14.8 Å². The monoisotopic (exact) mass is 456 g/mol. The topological polar surface area (TPSA) is 108 Å². The molecule has 0 aliphatic heterocycles. The number of anilines is 1. The van der Waals surface area contributed by atoms with Gasteiger partial charge in [-0.3, -0.25) is 4.79 Å². The number of ether oxygens (including phenoxy) is 2. The Balaban J connectivity index is 1.86. The van der Waals surface area contributed by atoms with E-state index in [1.807, 2.05) is 18.2 Å². The molecule has 3 N–H and O–H groups in total. The van der Waals surface area contributed by atoms with Crippen LogP contribution in [-0.2, 0) is 14.8 Å². The lowest BCUT2D eigenvalue weighted by Crippen LogP contribution is -2.36. The van der Waals surface area contributed by atoms with Crippen LogP contribution in [0, 0.1) is 11.3 Å². The van der Waals surface area contributed by atoms with Gasteiger partial charge >= 0.3 is 0 Å². The highest BCUT2D eigenvalue weighted by Crippen LogP contribution is 2.33. The van der Waals surface area contributed by atoms with Gasteiger partial charge in [0.05, 0.1) is 17.9 Å². The van der Waals surface area contributed by atoms with E-state index in [1.165, 1.54) is 18.2 Å². The van der Waals surface area contributed by atoms with Crippen LogP contribution in [0.1, 0.15) is 20.8 Å². The van der Waals surface area contributed by atoms with Crippen LogP contribution in [0.25, 0.3) is 0 Å². The average molecular weight is 457 g/mol. The van der Waals surface area contributed by atoms with Gasteiger partial charge in [-0.1, -0.05) is 39.0 Å². The molecule has 170 valence electrons. The maximum absolute atomic E-state index is 13.1. The van der Waals surface area contributed by atoms with Crippen molar-refractivity contribution in [3.8, 4) is 11.5 Å². The molecule has 8 heteroatoms. The Morgan fingerprint density at radius 1 is 1.06 bits per heavy atom. The van der Waals surface area contributed by atoms with Crippen LogP contribution < -0.4 is 19.9 Å². The molecule has 2 unspecified atom stereocenters. The summed E-state index contributed by atoms with van der Waals surface area (Å²) in [6, 6.07) is 13.0. The number of amides is 1. The highest BCUT2D eigenvalue weighted by Gasteiger charge is 2.32. The van der Waals surface area contributed by atoms with Gasteiger partial charge in [0, 0.05) is 5.69 Å². The summed E-state index contributed by atoms with van der Waals surface area (Å²) in [4.78, 5) is 13.0. The van der Waals surface area contributed by atoms with Crippen LogP contribution in [0.4, 0.5) is 5.69 Å². The molecule has 7 nitrogen and oxygen atoms in total. The highest BCUT2D eigenvalue weighted by atomic mass is 32.2. The minimum Gasteiger partial charge on any atom is -0.497 e. The molecule has 1 amide bonds. The minimum atomic E-state index is -3.88. The van der Waals surface area contributed by atoms with E-state index in [9.17, 15) is 13.2 Å². The van der Waals surface area contributed by atoms with Gasteiger partial charge in [0.2, 0.25) is 15.9 Å². The molecule has 32 heavy (non-hydrogen) atoms. The molecule has 0 saturated carbocycles. The lowest BCUT2D eigenvalue weighted by Gasteiger charge is -2.30. The quantitative estimate of drug-likeness (QED) is 0.686. The Morgan fingerprint density at radius 2 is 1.72 bits per heavy atom. The van der Waals surface area contributed by atoms with Crippen LogP contribution in [-0.4, -0.2) is 27.5 Å². The summed E-state index contributed by atoms with van der Waals surface area (Å²) in [5.74, 6) is 0.359. The molecule has 2 aromatic rings. The second-order valence-electron chi connectivity index (χ2n) is 8.58. The third-order valence-corrected chi connectivity index (χ3v) is 6.02. The van der Waals surface area contributed by atoms with Crippen molar-refractivity contribution in [2.45, 2.75) is 31.8 Å². The summed E-state index contributed by atoms with van der Waals surface area (Å²) in [6.45, 7) is 6.27. The van der Waals surface area contributed by atoms with Crippen LogP contribution >= 0.6 is 0 Å². The molecule has 0 aromatic heterocycles. The van der Waals surface area contributed by atoms with Crippen molar-refractivity contribution in [2.24, 2.45) is 16.5 Å². The van der Waals surface area contributed by atoms with Gasteiger partial charge in [0.15, 0.2) is 0 Å². The van der Waals surface area contributed by atoms with Crippen molar-refractivity contribution < 1.29 is 22.7 Å². The summed E-state index contributed by atoms with van der Waals surface area (Å²) >= 11 is 0. The fraction of sp³-hybridized carbons (Fsp3) is 0.292. The molecule has 0 saturated heterocycles. The number of nitrogens with two attached hydrogens (primary N) is 1. The van der Waals surface area contributed by atoms with Gasteiger partial charge in [0.25, 0.3) is 0 Å². The van der Waals surface area contributed by atoms with E-state index in [0.717, 1.165) is 5.57 Å². The van der Waals surface area contributed by atoms with Crippen LogP contribution in [0.3, 0.4) is 0 Å². The first-order chi connectivity index (χ1) is 15.0. The van der Waals surface area contributed by atoms with Crippen molar-refractivity contribution in [2.75, 3.05) is 12.4 Å². The van der Waals surface area contributed by atoms with Gasteiger partial charge in [-0.15, -0.1) is 0 Å². The maximum atomic E-state index is 13.1. The number of carbonyl (C=O) groups is 1.